The van der Waals surface area contributed by atoms with Gasteiger partial charge in [0.15, 0.2) is 0 Å². The quantitative estimate of drug-likeness (QED) is 0.239. The molecular weight excluding hydrogens is 400 g/mol. The van der Waals surface area contributed by atoms with Crippen molar-refractivity contribution in [1.29, 1.82) is 0 Å². The van der Waals surface area contributed by atoms with Crippen LogP contribution in [0.1, 0.15) is 20.7 Å². The number of carboxylic acids is 2. The van der Waals surface area contributed by atoms with E-state index in [1.54, 1.807) is 0 Å². The van der Waals surface area contributed by atoms with Crippen LogP contribution in [0.25, 0.3) is 43.1 Å². The Kier molecular flexibility index (Phi) is 4.68. The molecule has 0 spiro atoms. The first-order chi connectivity index (χ1) is 15.5. The van der Waals surface area contributed by atoms with Crippen molar-refractivity contribution < 1.29 is 19.8 Å². The summed E-state index contributed by atoms with van der Waals surface area (Å²) in [6.45, 7) is 0. The van der Waals surface area contributed by atoms with E-state index in [-0.39, 0.29) is 11.1 Å². The van der Waals surface area contributed by atoms with Crippen LogP contribution in [-0.2, 0) is 0 Å². The highest BCUT2D eigenvalue weighted by Crippen LogP contribution is 2.39. The number of hydrogen-bond donors (Lipinski definition) is 2. The SMILES string of the molecule is O=C(O)c1ccc(C(=O)O)cc1.c1cc2cccc3c4cccc5cccc(c(c1)c23)c54. The fraction of sp³-hybridized carbons (Fsp3) is 0. The third-order valence-corrected chi connectivity index (χ3v) is 5.77. The molecule has 4 nitrogen and oxygen atoms in total. The van der Waals surface area contributed by atoms with Gasteiger partial charge in [0.2, 0.25) is 0 Å². The molecular formula is C28H18O4. The van der Waals surface area contributed by atoms with Crippen LogP contribution >= 0.6 is 0 Å². The fourth-order valence-electron chi connectivity index (χ4n) is 4.34. The van der Waals surface area contributed by atoms with Gasteiger partial charge >= 0.3 is 11.9 Å². The zero-order chi connectivity index (χ0) is 22.2. The Morgan fingerprint density at radius 1 is 0.438 bits per heavy atom. The van der Waals surface area contributed by atoms with Gasteiger partial charge in [0, 0.05) is 0 Å². The summed E-state index contributed by atoms with van der Waals surface area (Å²) >= 11 is 0. The summed E-state index contributed by atoms with van der Waals surface area (Å²) in [5.74, 6) is -2.13. The molecule has 2 N–H and O–H groups in total. The first kappa shape index (κ1) is 19.5. The van der Waals surface area contributed by atoms with Gasteiger partial charge in [-0.1, -0.05) is 72.8 Å². The van der Waals surface area contributed by atoms with E-state index in [0.717, 1.165) is 0 Å². The summed E-state index contributed by atoms with van der Waals surface area (Å²) in [4.78, 5) is 20.7. The molecule has 0 aliphatic rings. The average molecular weight is 418 g/mol. The van der Waals surface area contributed by atoms with E-state index in [1.807, 2.05) is 0 Å². The Labute approximate surface area is 183 Å². The van der Waals surface area contributed by atoms with Crippen molar-refractivity contribution in [3.8, 4) is 0 Å². The van der Waals surface area contributed by atoms with Crippen molar-refractivity contribution in [3.05, 3.63) is 108 Å². The lowest BCUT2D eigenvalue weighted by molar-refractivity contribution is 0.0681. The maximum absolute atomic E-state index is 10.3. The van der Waals surface area contributed by atoms with Crippen molar-refractivity contribution in [3.63, 3.8) is 0 Å². The van der Waals surface area contributed by atoms with Crippen molar-refractivity contribution in [1.82, 2.24) is 0 Å². The van der Waals surface area contributed by atoms with E-state index >= 15 is 0 Å². The molecule has 154 valence electrons. The molecule has 6 aromatic rings. The Morgan fingerprint density at radius 2 is 0.719 bits per heavy atom. The highest BCUT2D eigenvalue weighted by molar-refractivity contribution is 6.32. The highest BCUT2D eigenvalue weighted by Gasteiger charge is 2.11. The van der Waals surface area contributed by atoms with E-state index in [1.165, 1.54) is 67.4 Å². The molecule has 0 atom stereocenters. The molecule has 0 aliphatic heterocycles. The van der Waals surface area contributed by atoms with Crippen LogP contribution in [0.2, 0.25) is 0 Å². The van der Waals surface area contributed by atoms with Gasteiger partial charge in [-0.2, -0.15) is 0 Å². The summed E-state index contributed by atoms with van der Waals surface area (Å²) in [5.41, 5.74) is 0.167. The van der Waals surface area contributed by atoms with E-state index in [4.69, 9.17) is 10.2 Å². The number of benzene rings is 6. The maximum Gasteiger partial charge on any atom is 0.335 e. The predicted octanol–water partition coefficient (Wildman–Crippen LogP) is 6.82. The number of aromatic carboxylic acids is 2. The van der Waals surface area contributed by atoms with Crippen LogP contribution in [0.5, 0.6) is 0 Å². The van der Waals surface area contributed by atoms with Crippen molar-refractivity contribution in [2.24, 2.45) is 0 Å². The molecule has 32 heavy (non-hydrogen) atoms. The third kappa shape index (κ3) is 3.19. The lowest BCUT2D eigenvalue weighted by Crippen LogP contribution is -1.99. The second kappa shape index (κ2) is 7.67. The van der Waals surface area contributed by atoms with Gasteiger partial charge < -0.3 is 10.2 Å². The van der Waals surface area contributed by atoms with Crippen molar-refractivity contribution in [2.75, 3.05) is 0 Å². The molecule has 0 saturated heterocycles. The second-order valence-electron chi connectivity index (χ2n) is 7.61. The lowest BCUT2D eigenvalue weighted by Gasteiger charge is -2.13. The molecule has 0 aliphatic carbocycles. The normalized spacial score (nSPS) is 11.0. The molecule has 0 radical (unpaired) electrons. The maximum atomic E-state index is 10.3. The van der Waals surface area contributed by atoms with Crippen LogP contribution < -0.4 is 0 Å². The molecule has 0 unspecified atom stereocenters. The Balaban J connectivity index is 0.000000156. The Hall–Kier alpha value is -4.44. The van der Waals surface area contributed by atoms with Crippen LogP contribution in [0.3, 0.4) is 0 Å². The summed E-state index contributed by atoms with van der Waals surface area (Å²) < 4.78 is 0. The second-order valence-corrected chi connectivity index (χ2v) is 7.61. The molecule has 0 heterocycles. The number of fused-ring (bicyclic) bond motifs is 2. The lowest BCUT2D eigenvalue weighted by atomic mass is 9.90. The minimum Gasteiger partial charge on any atom is -0.478 e. The summed E-state index contributed by atoms with van der Waals surface area (Å²) in [5, 5.41) is 27.8. The van der Waals surface area contributed by atoms with Gasteiger partial charge in [-0.05, 0) is 67.4 Å². The summed E-state index contributed by atoms with van der Waals surface area (Å²) in [7, 11) is 0. The van der Waals surface area contributed by atoms with Gasteiger partial charge in [-0.3, -0.25) is 0 Å². The minimum absolute atomic E-state index is 0.0833. The Bertz CT molecular complexity index is 1410. The van der Waals surface area contributed by atoms with Crippen molar-refractivity contribution in [2.45, 2.75) is 0 Å². The molecule has 6 aromatic carbocycles. The molecule has 6 rings (SSSR count). The fourth-order valence-corrected chi connectivity index (χ4v) is 4.34. The molecule has 0 bridgehead atoms. The van der Waals surface area contributed by atoms with E-state index < -0.39 is 11.9 Å². The first-order valence-corrected chi connectivity index (χ1v) is 10.2. The number of rotatable bonds is 2. The van der Waals surface area contributed by atoms with Gasteiger partial charge in [-0.25, -0.2) is 9.59 Å². The number of hydrogen-bond acceptors (Lipinski definition) is 2. The van der Waals surface area contributed by atoms with E-state index in [0.29, 0.717) is 0 Å². The summed E-state index contributed by atoms with van der Waals surface area (Å²) in [6, 6.07) is 31.5. The molecule has 0 fully saturated rings. The molecule has 4 heteroatoms. The topological polar surface area (TPSA) is 74.6 Å². The smallest absolute Gasteiger partial charge is 0.335 e. The first-order valence-electron chi connectivity index (χ1n) is 10.2. The standard InChI is InChI=1S/C20H12.C8H6O4/c1-5-13-6-2-11-17-18-12-4-8-14-7-3-10-16(20(14)18)15(9-1)19(13)17;9-7(10)5-1-2-6(4-3-5)8(11)12/h1-12H;1-4H,(H,9,10)(H,11,12). The molecule has 0 aromatic heterocycles. The van der Waals surface area contributed by atoms with Crippen LogP contribution in [0.15, 0.2) is 97.1 Å². The van der Waals surface area contributed by atoms with Crippen LogP contribution in [-0.4, -0.2) is 22.2 Å². The summed E-state index contributed by atoms with van der Waals surface area (Å²) in [6.07, 6.45) is 0. The average Bonchev–Trinajstić information content (AvgIpc) is 2.82. The van der Waals surface area contributed by atoms with E-state index in [2.05, 4.69) is 72.8 Å². The monoisotopic (exact) mass is 418 g/mol. The van der Waals surface area contributed by atoms with Crippen molar-refractivity contribution >= 4 is 55.0 Å². The predicted molar refractivity (Wildman–Crippen MR) is 128 cm³/mol. The zero-order valence-electron chi connectivity index (χ0n) is 16.9. The molecule has 0 saturated carbocycles. The molecule has 0 amide bonds. The zero-order valence-corrected chi connectivity index (χ0v) is 16.9. The number of carboxylic acid groups (broad SMARTS) is 2. The van der Waals surface area contributed by atoms with Gasteiger partial charge in [0.1, 0.15) is 0 Å². The minimum atomic E-state index is -1.06. The van der Waals surface area contributed by atoms with Gasteiger partial charge in [0.25, 0.3) is 0 Å². The van der Waals surface area contributed by atoms with Crippen LogP contribution in [0, 0.1) is 0 Å². The van der Waals surface area contributed by atoms with E-state index in [9.17, 15) is 9.59 Å². The van der Waals surface area contributed by atoms with Gasteiger partial charge in [-0.15, -0.1) is 0 Å². The highest BCUT2D eigenvalue weighted by atomic mass is 16.4. The largest absolute Gasteiger partial charge is 0.478 e. The Morgan fingerprint density at radius 3 is 0.969 bits per heavy atom. The van der Waals surface area contributed by atoms with Crippen LogP contribution in [0.4, 0.5) is 0 Å². The van der Waals surface area contributed by atoms with Gasteiger partial charge in [0.05, 0.1) is 11.1 Å². The number of carbonyl (C=O) groups is 2. The third-order valence-electron chi connectivity index (χ3n) is 5.77.